The highest BCUT2D eigenvalue weighted by Gasteiger charge is 2.14. The maximum absolute atomic E-state index is 5.23. The summed E-state index contributed by atoms with van der Waals surface area (Å²) in [5, 5.41) is 7.33. The lowest BCUT2D eigenvalue weighted by molar-refractivity contribution is 0.620. The van der Waals surface area contributed by atoms with E-state index in [4.69, 9.17) is 12.2 Å². The molecule has 0 bridgehead atoms. The summed E-state index contributed by atoms with van der Waals surface area (Å²) in [4.78, 5) is 7.23. The summed E-state index contributed by atoms with van der Waals surface area (Å²) in [5.41, 5.74) is 0. The zero-order chi connectivity index (χ0) is 11.2. The minimum absolute atomic E-state index is 0.587. The number of thiocarbonyl (C=S) groups is 1. The number of H-pyrrole nitrogens is 1. The Labute approximate surface area is 101 Å². The lowest BCUT2D eigenvalue weighted by Crippen LogP contribution is -2.41. The number of imidazole rings is 1. The van der Waals surface area contributed by atoms with Crippen molar-refractivity contribution in [3.63, 3.8) is 0 Å². The van der Waals surface area contributed by atoms with Gasteiger partial charge in [-0.25, -0.2) is 4.98 Å². The molecule has 1 heterocycles. The van der Waals surface area contributed by atoms with Crippen molar-refractivity contribution < 1.29 is 0 Å². The summed E-state index contributed by atoms with van der Waals surface area (Å²) in [7, 11) is 0. The molecule has 0 amide bonds. The van der Waals surface area contributed by atoms with Gasteiger partial charge in [-0.15, -0.1) is 0 Å². The van der Waals surface area contributed by atoms with Crippen molar-refractivity contribution in [1.29, 1.82) is 0 Å². The molecule has 1 aliphatic carbocycles. The van der Waals surface area contributed by atoms with E-state index in [-0.39, 0.29) is 0 Å². The van der Waals surface area contributed by atoms with Crippen LogP contribution in [-0.2, 0) is 6.42 Å². The Morgan fingerprint density at radius 2 is 2.31 bits per heavy atom. The van der Waals surface area contributed by atoms with E-state index in [1.165, 1.54) is 25.7 Å². The van der Waals surface area contributed by atoms with E-state index in [2.05, 4.69) is 20.6 Å². The first-order valence-corrected chi connectivity index (χ1v) is 6.28. The highest BCUT2D eigenvalue weighted by atomic mass is 32.1. The molecule has 0 aromatic carbocycles. The molecule has 2 rings (SSSR count). The van der Waals surface area contributed by atoms with Crippen LogP contribution in [0.3, 0.4) is 0 Å². The molecular weight excluding hydrogens is 220 g/mol. The standard InChI is InChI=1S/C11H18N4S/c16-11(15-9-3-1-2-4-9)14-6-5-10-12-7-8-13-10/h7-9H,1-6H2,(H,12,13)(H2,14,15,16). The van der Waals surface area contributed by atoms with E-state index in [1.807, 2.05) is 6.20 Å². The van der Waals surface area contributed by atoms with Gasteiger partial charge in [-0.05, 0) is 25.1 Å². The maximum atomic E-state index is 5.23. The Hall–Kier alpha value is -1.10. The fraction of sp³-hybridized carbons (Fsp3) is 0.636. The van der Waals surface area contributed by atoms with Gasteiger partial charge in [0.1, 0.15) is 5.82 Å². The second-order valence-electron chi connectivity index (χ2n) is 4.17. The smallest absolute Gasteiger partial charge is 0.166 e. The van der Waals surface area contributed by atoms with Gasteiger partial charge in [-0.1, -0.05) is 12.8 Å². The fourth-order valence-corrected chi connectivity index (χ4v) is 2.30. The fourth-order valence-electron chi connectivity index (χ4n) is 2.04. The third-order valence-electron chi connectivity index (χ3n) is 2.89. The number of aromatic nitrogens is 2. The first-order chi connectivity index (χ1) is 7.84. The number of nitrogens with one attached hydrogen (secondary N) is 3. The van der Waals surface area contributed by atoms with Crippen molar-refractivity contribution in [3.8, 4) is 0 Å². The summed E-state index contributed by atoms with van der Waals surface area (Å²) < 4.78 is 0. The third kappa shape index (κ3) is 3.48. The second kappa shape index (κ2) is 5.84. The van der Waals surface area contributed by atoms with E-state index in [9.17, 15) is 0 Å². The Morgan fingerprint density at radius 1 is 1.50 bits per heavy atom. The molecule has 3 N–H and O–H groups in total. The van der Waals surface area contributed by atoms with Gasteiger partial charge >= 0.3 is 0 Å². The van der Waals surface area contributed by atoms with Crippen molar-refractivity contribution in [2.75, 3.05) is 6.54 Å². The van der Waals surface area contributed by atoms with E-state index < -0.39 is 0 Å². The molecule has 0 spiro atoms. The lowest BCUT2D eigenvalue weighted by atomic mass is 10.3. The molecule has 1 aliphatic rings. The molecule has 1 saturated carbocycles. The van der Waals surface area contributed by atoms with Crippen LogP contribution in [0.4, 0.5) is 0 Å². The van der Waals surface area contributed by atoms with Gasteiger partial charge in [0, 0.05) is 31.4 Å². The molecule has 1 fully saturated rings. The van der Waals surface area contributed by atoms with Crippen molar-refractivity contribution in [2.24, 2.45) is 0 Å². The number of hydrogen-bond donors (Lipinski definition) is 3. The minimum Gasteiger partial charge on any atom is -0.362 e. The minimum atomic E-state index is 0.587. The molecule has 0 radical (unpaired) electrons. The molecule has 1 aromatic heterocycles. The van der Waals surface area contributed by atoms with Crippen LogP contribution >= 0.6 is 12.2 Å². The number of nitrogens with zero attached hydrogens (tertiary/aromatic N) is 1. The van der Waals surface area contributed by atoms with Gasteiger partial charge < -0.3 is 15.6 Å². The molecule has 88 valence electrons. The van der Waals surface area contributed by atoms with E-state index in [1.54, 1.807) is 6.20 Å². The monoisotopic (exact) mass is 238 g/mol. The molecule has 0 atom stereocenters. The van der Waals surface area contributed by atoms with E-state index >= 15 is 0 Å². The second-order valence-corrected chi connectivity index (χ2v) is 4.58. The quantitative estimate of drug-likeness (QED) is 0.693. The molecule has 16 heavy (non-hydrogen) atoms. The van der Waals surface area contributed by atoms with Crippen LogP contribution < -0.4 is 10.6 Å². The number of hydrogen-bond acceptors (Lipinski definition) is 2. The lowest BCUT2D eigenvalue weighted by Gasteiger charge is -2.15. The number of rotatable bonds is 4. The predicted molar refractivity (Wildman–Crippen MR) is 68.3 cm³/mol. The van der Waals surface area contributed by atoms with Crippen molar-refractivity contribution in [2.45, 2.75) is 38.1 Å². The summed E-state index contributed by atoms with van der Waals surface area (Å²) in [6, 6.07) is 0.587. The molecule has 1 aromatic rings. The molecule has 4 nitrogen and oxygen atoms in total. The van der Waals surface area contributed by atoms with E-state index in [0.29, 0.717) is 6.04 Å². The zero-order valence-corrected chi connectivity index (χ0v) is 10.1. The highest BCUT2D eigenvalue weighted by Crippen LogP contribution is 2.17. The van der Waals surface area contributed by atoms with E-state index in [0.717, 1.165) is 23.9 Å². The van der Waals surface area contributed by atoms with Crippen LogP contribution in [0.2, 0.25) is 0 Å². The molecular formula is C11H18N4S. The Kier molecular flexibility index (Phi) is 4.16. The van der Waals surface area contributed by atoms with Gasteiger partial charge in [0.2, 0.25) is 0 Å². The average Bonchev–Trinajstić information content (AvgIpc) is 2.90. The molecule has 0 aliphatic heterocycles. The van der Waals surface area contributed by atoms with Crippen LogP contribution in [0.15, 0.2) is 12.4 Å². The Morgan fingerprint density at radius 3 is 3.00 bits per heavy atom. The Balaban J connectivity index is 1.60. The van der Waals surface area contributed by atoms with Crippen LogP contribution in [0, 0.1) is 0 Å². The molecule has 0 saturated heterocycles. The van der Waals surface area contributed by atoms with Crippen molar-refractivity contribution >= 4 is 17.3 Å². The summed E-state index contributed by atoms with van der Waals surface area (Å²) in [5.74, 6) is 0.996. The third-order valence-corrected chi connectivity index (χ3v) is 3.15. The molecule has 0 unspecified atom stereocenters. The zero-order valence-electron chi connectivity index (χ0n) is 9.33. The first kappa shape index (κ1) is 11.4. The van der Waals surface area contributed by atoms with Crippen LogP contribution in [0.25, 0.3) is 0 Å². The summed E-state index contributed by atoms with van der Waals surface area (Å²) in [6.07, 6.45) is 9.63. The number of aromatic amines is 1. The van der Waals surface area contributed by atoms with Crippen molar-refractivity contribution in [1.82, 2.24) is 20.6 Å². The highest BCUT2D eigenvalue weighted by molar-refractivity contribution is 7.80. The van der Waals surface area contributed by atoms with Crippen LogP contribution in [-0.4, -0.2) is 27.7 Å². The Bertz CT molecular complexity index is 317. The van der Waals surface area contributed by atoms with Crippen molar-refractivity contribution in [3.05, 3.63) is 18.2 Å². The predicted octanol–water partition coefficient (Wildman–Crippen LogP) is 1.36. The van der Waals surface area contributed by atoms with Gasteiger partial charge in [-0.2, -0.15) is 0 Å². The summed E-state index contributed by atoms with van der Waals surface area (Å²) in [6.45, 7) is 0.825. The topological polar surface area (TPSA) is 52.7 Å². The van der Waals surface area contributed by atoms with Gasteiger partial charge in [-0.3, -0.25) is 0 Å². The molecule has 5 heteroatoms. The first-order valence-electron chi connectivity index (χ1n) is 5.87. The van der Waals surface area contributed by atoms with Gasteiger partial charge in [0.15, 0.2) is 5.11 Å². The summed E-state index contributed by atoms with van der Waals surface area (Å²) >= 11 is 5.23. The normalized spacial score (nSPS) is 16.2. The van der Waals surface area contributed by atoms with Crippen LogP contribution in [0.1, 0.15) is 31.5 Å². The maximum Gasteiger partial charge on any atom is 0.166 e. The SMILES string of the molecule is S=C(NCCc1ncc[nH]1)NC1CCCC1. The van der Waals surface area contributed by atoms with Gasteiger partial charge in [0.05, 0.1) is 0 Å². The van der Waals surface area contributed by atoms with Gasteiger partial charge in [0.25, 0.3) is 0 Å². The largest absolute Gasteiger partial charge is 0.362 e. The van der Waals surface area contributed by atoms with Crippen LogP contribution in [0.5, 0.6) is 0 Å². The average molecular weight is 238 g/mol.